The Balaban J connectivity index is 2.08. The van der Waals surface area contributed by atoms with Crippen molar-refractivity contribution in [3.8, 4) is 0 Å². The highest BCUT2D eigenvalue weighted by Crippen LogP contribution is 2.21. The summed E-state index contributed by atoms with van der Waals surface area (Å²) in [5.74, 6) is -0.718. The van der Waals surface area contributed by atoms with Crippen molar-refractivity contribution >= 4 is 23.5 Å². The van der Waals surface area contributed by atoms with Gasteiger partial charge in [0.05, 0.1) is 0 Å². The molecule has 6 nitrogen and oxygen atoms in total. The lowest BCUT2D eigenvalue weighted by atomic mass is 10.0. The molecule has 2 rings (SSSR count). The van der Waals surface area contributed by atoms with E-state index in [9.17, 15) is 14.4 Å². The highest BCUT2D eigenvalue weighted by molar-refractivity contribution is 6.08. The van der Waals surface area contributed by atoms with Crippen molar-refractivity contribution in [1.82, 2.24) is 10.2 Å². The molecule has 4 amide bonds. The van der Waals surface area contributed by atoms with Gasteiger partial charge >= 0.3 is 6.03 Å². The number of rotatable bonds is 5. The van der Waals surface area contributed by atoms with Gasteiger partial charge < -0.3 is 10.2 Å². The summed E-state index contributed by atoms with van der Waals surface area (Å²) in [4.78, 5) is 37.0. The molecule has 1 heterocycles. The number of aryl methyl sites for hydroxylation is 2. The van der Waals surface area contributed by atoms with Crippen LogP contribution in [0.25, 0.3) is 0 Å². The van der Waals surface area contributed by atoms with Gasteiger partial charge in [-0.2, -0.15) is 0 Å². The third-order valence-corrected chi connectivity index (χ3v) is 4.25. The number of benzene rings is 1. The van der Waals surface area contributed by atoms with Crippen molar-refractivity contribution in [2.24, 2.45) is 0 Å². The lowest BCUT2D eigenvalue weighted by molar-refractivity contribution is -0.126. The molecule has 1 aromatic rings. The molecule has 1 fully saturated rings. The average molecular weight is 317 g/mol. The van der Waals surface area contributed by atoms with E-state index in [1.807, 2.05) is 18.2 Å². The molecule has 124 valence electrons. The first-order chi connectivity index (χ1) is 10.8. The van der Waals surface area contributed by atoms with Gasteiger partial charge in [-0.05, 0) is 49.9 Å². The summed E-state index contributed by atoms with van der Waals surface area (Å²) in [6, 6.07) is 5.28. The summed E-state index contributed by atoms with van der Waals surface area (Å²) in [7, 11) is 0. The Morgan fingerprint density at radius 3 is 2.35 bits per heavy atom. The van der Waals surface area contributed by atoms with E-state index in [4.69, 9.17) is 0 Å². The van der Waals surface area contributed by atoms with E-state index in [1.165, 1.54) is 16.0 Å². The number of carbonyl (C=O) groups is 3. The van der Waals surface area contributed by atoms with Crippen molar-refractivity contribution < 1.29 is 14.4 Å². The molecule has 0 aliphatic carbocycles. The average Bonchev–Trinajstić information content (AvgIpc) is 2.69. The van der Waals surface area contributed by atoms with Crippen molar-refractivity contribution in [2.75, 3.05) is 11.9 Å². The fraction of sp³-hybridized carbons (Fsp3) is 0.471. The largest absolute Gasteiger partial charge is 0.325 e. The molecule has 0 saturated carbocycles. The number of anilines is 1. The molecule has 0 unspecified atom stereocenters. The Bertz CT molecular complexity index is 652. The molecule has 6 heteroatoms. The third kappa shape index (κ3) is 3.36. The summed E-state index contributed by atoms with van der Waals surface area (Å²) in [5.41, 5.74) is 2.14. The zero-order chi connectivity index (χ0) is 17.2. The minimum absolute atomic E-state index is 0.165. The second kappa shape index (κ2) is 6.40. The van der Waals surface area contributed by atoms with E-state index < -0.39 is 17.5 Å². The number of imide groups is 1. The molecule has 0 aromatic heterocycles. The summed E-state index contributed by atoms with van der Waals surface area (Å²) < 4.78 is 0. The minimum Gasteiger partial charge on any atom is -0.325 e. The maximum Gasteiger partial charge on any atom is 0.325 e. The van der Waals surface area contributed by atoms with Crippen LogP contribution in [0, 0.1) is 0 Å². The third-order valence-electron chi connectivity index (χ3n) is 4.25. The van der Waals surface area contributed by atoms with Gasteiger partial charge in [-0.25, -0.2) is 4.79 Å². The number of hydrogen-bond acceptors (Lipinski definition) is 3. The predicted molar refractivity (Wildman–Crippen MR) is 88.2 cm³/mol. The monoisotopic (exact) mass is 317 g/mol. The summed E-state index contributed by atoms with van der Waals surface area (Å²) in [6.07, 6.45) is 1.84. The van der Waals surface area contributed by atoms with Crippen LogP contribution in [0.15, 0.2) is 18.2 Å². The molecule has 1 aliphatic heterocycles. The van der Waals surface area contributed by atoms with E-state index in [0.717, 1.165) is 12.8 Å². The smallest absolute Gasteiger partial charge is 0.325 e. The predicted octanol–water partition coefficient (Wildman–Crippen LogP) is 2.08. The molecular formula is C17H23N3O3. The lowest BCUT2D eigenvalue weighted by Crippen LogP contribution is -2.47. The van der Waals surface area contributed by atoms with Crippen molar-refractivity contribution in [1.29, 1.82) is 0 Å². The SMILES string of the molecule is CCc1ccc(NC(=O)CN2C(=O)NC(=O)C2(C)C)cc1CC. The number of amides is 4. The van der Waals surface area contributed by atoms with E-state index in [1.54, 1.807) is 13.8 Å². The first kappa shape index (κ1) is 17.0. The van der Waals surface area contributed by atoms with E-state index >= 15 is 0 Å². The lowest BCUT2D eigenvalue weighted by Gasteiger charge is -2.27. The van der Waals surface area contributed by atoms with Crippen LogP contribution >= 0.6 is 0 Å². The first-order valence-electron chi connectivity index (χ1n) is 7.84. The van der Waals surface area contributed by atoms with Crippen LogP contribution in [0.3, 0.4) is 0 Å². The Hall–Kier alpha value is -2.37. The molecule has 0 bridgehead atoms. The molecule has 1 aromatic carbocycles. The Kier molecular flexibility index (Phi) is 4.73. The van der Waals surface area contributed by atoms with Gasteiger partial charge in [0, 0.05) is 5.69 Å². The number of nitrogens with zero attached hydrogens (tertiary/aromatic N) is 1. The van der Waals surface area contributed by atoms with Gasteiger partial charge in [0.25, 0.3) is 5.91 Å². The second-order valence-corrected chi connectivity index (χ2v) is 6.14. The summed E-state index contributed by atoms with van der Waals surface area (Å²) >= 11 is 0. The second-order valence-electron chi connectivity index (χ2n) is 6.14. The Morgan fingerprint density at radius 2 is 1.83 bits per heavy atom. The normalized spacial score (nSPS) is 16.4. The molecule has 23 heavy (non-hydrogen) atoms. The van der Waals surface area contributed by atoms with Crippen molar-refractivity contribution in [3.63, 3.8) is 0 Å². The minimum atomic E-state index is -1.02. The highest BCUT2D eigenvalue weighted by atomic mass is 16.2. The summed E-state index contributed by atoms with van der Waals surface area (Å²) in [6.45, 7) is 7.24. The quantitative estimate of drug-likeness (QED) is 0.816. The highest BCUT2D eigenvalue weighted by Gasteiger charge is 2.46. The summed E-state index contributed by atoms with van der Waals surface area (Å²) in [5, 5.41) is 5.02. The fourth-order valence-electron chi connectivity index (χ4n) is 2.69. The molecule has 1 saturated heterocycles. The Morgan fingerprint density at radius 1 is 1.17 bits per heavy atom. The van der Waals surface area contributed by atoms with E-state index in [-0.39, 0.29) is 12.5 Å². The van der Waals surface area contributed by atoms with Crippen LogP contribution in [-0.2, 0) is 22.4 Å². The molecule has 0 spiro atoms. The zero-order valence-electron chi connectivity index (χ0n) is 14.0. The van der Waals surface area contributed by atoms with E-state index in [0.29, 0.717) is 5.69 Å². The van der Waals surface area contributed by atoms with Crippen LogP contribution in [0.4, 0.5) is 10.5 Å². The van der Waals surface area contributed by atoms with Crippen LogP contribution in [0.2, 0.25) is 0 Å². The van der Waals surface area contributed by atoms with Gasteiger partial charge in [0.1, 0.15) is 12.1 Å². The van der Waals surface area contributed by atoms with Crippen LogP contribution in [0.5, 0.6) is 0 Å². The maximum atomic E-state index is 12.2. The number of nitrogens with one attached hydrogen (secondary N) is 2. The number of carbonyl (C=O) groups excluding carboxylic acids is 3. The standard InChI is InChI=1S/C17H23N3O3/c1-5-11-7-8-13(9-12(11)6-2)18-14(21)10-20-16(23)19-15(22)17(20,3)4/h7-9H,5-6,10H2,1-4H3,(H,18,21)(H,19,22,23). The molecule has 1 aliphatic rings. The topological polar surface area (TPSA) is 78.5 Å². The fourth-order valence-corrected chi connectivity index (χ4v) is 2.69. The van der Waals surface area contributed by atoms with Crippen molar-refractivity contribution in [2.45, 2.75) is 46.1 Å². The number of urea groups is 1. The van der Waals surface area contributed by atoms with Crippen LogP contribution < -0.4 is 10.6 Å². The Labute approximate surface area is 136 Å². The molecule has 0 radical (unpaired) electrons. The number of hydrogen-bond donors (Lipinski definition) is 2. The van der Waals surface area contributed by atoms with Gasteiger partial charge in [0.15, 0.2) is 0 Å². The van der Waals surface area contributed by atoms with Crippen LogP contribution in [-0.4, -0.2) is 34.8 Å². The van der Waals surface area contributed by atoms with Gasteiger partial charge in [0.2, 0.25) is 5.91 Å². The first-order valence-corrected chi connectivity index (χ1v) is 7.84. The van der Waals surface area contributed by atoms with Gasteiger partial charge in [-0.3, -0.25) is 14.9 Å². The van der Waals surface area contributed by atoms with Gasteiger partial charge in [-0.1, -0.05) is 19.9 Å². The van der Waals surface area contributed by atoms with Crippen molar-refractivity contribution in [3.05, 3.63) is 29.3 Å². The molecular weight excluding hydrogens is 294 g/mol. The van der Waals surface area contributed by atoms with Crippen LogP contribution in [0.1, 0.15) is 38.8 Å². The molecule has 0 atom stereocenters. The molecule has 2 N–H and O–H groups in total. The maximum absolute atomic E-state index is 12.2. The zero-order valence-corrected chi connectivity index (χ0v) is 14.0. The van der Waals surface area contributed by atoms with E-state index in [2.05, 4.69) is 24.5 Å². The van der Waals surface area contributed by atoms with Gasteiger partial charge in [-0.15, -0.1) is 0 Å².